The fourth-order valence-corrected chi connectivity index (χ4v) is 2.32. The van der Waals surface area contributed by atoms with Crippen molar-refractivity contribution in [3.05, 3.63) is 33.8 Å². The quantitative estimate of drug-likeness (QED) is 0.685. The van der Waals surface area contributed by atoms with Crippen LogP contribution in [0.1, 0.15) is 31.7 Å². The van der Waals surface area contributed by atoms with E-state index in [2.05, 4.69) is 17.6 Å². The van der Waals surface area contributed by atoms with Gasteiger partial charge in [-0.15, -0.1) is 0 Å². The van der Waals surface area contributed by atoms with Crippen molar-refractivity contribution in [2.45, 2.75) is 32.6 Å². The molecule has 3 nitrogen and oxygen atoms in total. The van der Waals surface area contributed by atoms with Crippen LogP contribution >= 0.6 is 23.2 Å². The molecule has 0 aliphatic rings. The third-order valence-corrected chi connectivity index (χ3v) is 3.56. The van der Waals surface area contributed by atoms with Crippen LogP contribution < -0.4 is 10.6 Å². The number of carbonyl (C=O) groups is 1. The van der Waals surface area contributed by atoms with Crippen LogP contribution in [-0.2, 0) is 11.2 Å². The lowest BCUT2D eigenvalue weighted by Gasteiger charge is -2.07. The lowest BCUT2D eigenvalue weighted by molar-refractivity contribution is -0.120. The van der Waals surface area contributed by atoms with Crippen molar-refractivity contribution >= 4 is 29.1 Å². The zero-order valence-corrected chi connectivity index (χ0v) is 13.4. The van der Waals surface area contributed by atoms with Gasteiger partial charge in [0.15, 0.2) is 0 Å². The molecule has 0 unspecified atom stereocenters. The van der Waals surface area contributed by atoms with Gasteiger partial charge < -0.3 is 10.6 Å². The summed E-state index contributed by atoms with van der Waals surface area (Å²) in [5.74, 6) is 0.0447. The molecule has 0 bridgehead atoms. The number of hydrogen-bond donors (Lipinski definition) is 2. The van der Waals surface area contributed by atoms with Gasteiger partial charge in [0.25, 0.3) is 0 Å². The highest BCUT2D eigenvalue weighted by molar-refractivity contribution is 6.35. The molecule has 112 valence electrons. The van der Waals surface area contributed by atoms with E-state index in [1.54, 1.807) is 6.07 Å². The van der Waals surface area contributed by atoms with Gasteiger partial charge in [-0.2, -0.15) is 0 Å². The summed E-state index contributed by atoms with van der Waals surface area (Å²) < 4.78 is 0. The predicted octanol–water partition coefficient (Wildman–Crippen LogP) is 3.43. The van der Waals surface area contributed by atoms with Gasteiger partial charge in [0.2, 0.25) is 5.91 Å². The largest absolute Gasteiger partial charge is 0.355 e. The predicted molar refractivity (Wildman–Crippen MR) is 85.6 cm³/mol. The van der Waals surface area contributed by atoms with Gasteiger partial charge in [0.1, 0.15) is 0 Å². The molecular weight excluding hydrogens is 295 g/mol. The van der Waals surface area contributed by atoms with Crippen molar-refractivity contribution in [1.29, 1.82) is 0 Å². The number of nitrogens with one attached hydrogen (secondary N) is 2. The minimum absolute atomic E-state index is 0.0447. The second-order valence-corrected chi connectivity index (χ2v) is 5.56. The van der Waals surface area contributed by atoms with E-state index in [-0.39, 0.29) is 5.91 Å². The minimum atomic E-state index is 0.0447. The zero-order chi connectivity index (χ0) is 14.8. The summed E-state index contributed by atoms with van der Waals surface area (Å²) in [5, 5.41) is 7.31. The number of halogens is 2. The second kappa shape index (κ2) is 10.0. The van der Waals surface area contributed by atoms with Crippen molar-refractivity contribution in [2.24, 2.45) is 0 Å². The summed E-state index contributed by atoms with van der Waals surface area (Å²) >= 11 is 11.9. The molecular formula is C15H22Cl2N2O. The third-order valence-electron chi connectivity index (χ3n) is 2.97. The number of hydrogen-bond acceptors (Lipinski definition) is 2. The van der Waals surface area contributed by atoms with Crippen molar-refractivity contribution in [2.75, 3.05) is 19.6 Å². The van der Waals surface area contributed by atoms with Crippen LogP contribution in [0.15, 0.2) is 18.2 Å². The maximum absolute atomic E-state index is 11.5. The van der Waals surface area contributed by atoms with Crippen LogP contribution in [0.2, 0.25) is 10.0 Å². The van der Waals surface area contributed by atoms with E-state index < -0.39 is 0 Å². The first-order valence-corrected chi connectivity index (χ1v) is 7.80. The van der Waals surface area contributed by atoms with Gasteiger partial charge in [-0.1, -0.05) is 49.0 Å². The van der Waals surface area contributed by atoms with Crippen molar-refractivity contribution in [3.8, 4) is 0 Å². The highest BCUT2D eigenvalue weighted by atomic mass is 35.5. The highest BCUT2D eigenvalue weighted by Gasteiger charge is 2.02. The molecule has 0 aromatic heterocycles. The first kappa shape index (κ1) is 17.3. The molecule has 20 heavy (non-hydrogen) atoms. The summed E-state index contributed by atoms with van der Waals surface area (Å²) in [4.78, 5) is 11.5. The van der Waals surface area contributed by atoms with E-state index in [0.29, 0.717) is 23.1 Å². The van der Waals surface area contributed by atoms with Crippen LogP contribution in [0, 0.1) is 0 Å². The maximum atomic E-state index is 11.5. The molecule has 2 N–H and O–H groups in total. The van der Waals surface area contributed by atoms with Crippen LogP contribution in [0.3, 0.4) is 0 Å². The molecule has 0 fully saturated rings. The number of unbranched alkanes of at least 4 members (excludes halogenated alkanes) is 2. The Bertz CT molecular complexity index is 424. The van der Waals surface area contributed by atoms with Crippen molar-refractivity contribution in [3.63, 3.8) is 0 Å². The molecule has 0 spiro atoms. The molecule has 0 aliphatic carbocycles. The average molecular weight is 317 g/mol. The van der Waals surface area contributed by atoms with Crippen molar-refractivity contribution < 1.29 is 4.79 Å². The van der Waals surface area contributed by atoms with Crippen LogP contribution in [0.4, 0.5) is 0 Å². The standard InChI is InChI=1S/C15H22Cl2N2O/c1-2-3-4-8-19-15(20)11-18-9-7-12-5-6-13(16)10-14(12)17/h5-6,10,18H,2-4,7-9,11H2,1H3,(H,19,20). The molecule has 0 radical (unpaired) electrons. The Kier molecular flexibility index (Phi) is 8.67. The van der Waals surface area contributed by atoms with Gasteiger partial charge in [-0.3, -0.25) is 4.79 Å². The second-order valence-electron chi connectivity index (χ2n) is 4.72. The summed E-state index contributed by atoms with van der Waals surface area (Å²) in [6.07, 6.45) is 4.14. The molecule has 1 amide bonds. The van der Waals surface area contributed by atoms with Crippen LogP contribution in [-0.4, -0.2) is 25.5 Å². The monoisotopic (exact) mass is 316 g/mol. The maximum Gasteiger partial charge on any atom is 0.233 e. The zero-order valence-electron chi connectivity index (χ0n) is 11.8. The van der Waals surface area contributed by atoms with Gasteiger partial charge in [0.05, 0.1) is 6.54 Å². The highest BCUT2D eigenvalue weighted by Crippen LogP contribution is 2.20. The van der Waals surface area contributed by atoms with Crippen molar-refractivity contribution in [1.82, 2.24) is 10.6 Å². The SMILES string of the molecule is CCCCCNC(=O)CNCCc1ccc(Cl)cc1Cl. The molecule has 0 saturated heterocycles. The van der Waals surface area contributed by atoms with E-state index in [4.69, 9.17) is 23.2 Å². The van der Waals surface area contributed by atoms with E-state index >= 15 is 0 Å². The molecule has 1 aromatic carbocycles. The van der Waals surface area contributed by atoms with E-state index in [1.165, 1.54) is 0 Å². The molecule has 5 heteroatoms. The Hall–Kier alpha value is -0.770. The molecule has 1 rings (SSSR count). The Balaban J connectivity index is 2.13. The molecule has 0 aliphatic heterocycles. The smallest absolute Gasteiger partial charge is 0.233 e. The number of benzene rings is 1. The summed E-state index contributed by atoms with van der Waals surface area (Å²) in [7, 11) is 0. The molecule has 1 aromatic rings. The lowest BCUT2D eigenvalue weighted by atomic mass is 10.1. The van der Waals surface area contributed by atoms with Gasteiger partial charge >= 0.3 is 0 Å². The topological polar surface area (TPSA) is 41.1 Å². The Labute approximate surface area is 131 Å². The fraction of sp³-hybridized carbons (Fsp3) is 0.533. The van der Waals surface area contributed by atoms with Gasteiger partial charge in [-0.05, 0) is 37.1 Å². The first-order valence-electron chi connectivity index (χ1n) is 7.04. The molecule has 0 saturated carbocycles. The lowest BCUT2D eigenvalue weighted by Crippen LogP contribution is -2.35. The summed E-state index contributed by atoms with van der Waals surface area (Å²) in [5.41, 5.74) is 1.03. The minimum Gasteiger partial charge on any atom is -0.355 e. The van der Waals surface area contributed by atoms with E-state index in [0.717, 1.165) is 37.8 Å². The fourth-order valence-electron chi connectivity index (χ4n) is 1.81. The van der Waals surface area contributed by atoms with E-state index in [9.17, 15) is 4.79 Å². The van der Waals surface area contributed by atoms with Gasteiger partial charge in [0, 0.05) is 16.6 Å². The molecule has 0 heterocycles. The van der Waals surface area contributed by atoms with Crippen LogP contribution in [0.25, 0.3) is 0 Å². The van der Waals surface area contributed by atoms with E-state index in [1.807, 2.05) is 12.1 Å². The number of rotatable bonds is 9. The Morgan fingerprint density at radius 2 is 2.00 bits per heavy atom. The third kappa shape index (κ3) is 7.13. The number of amides is 1. The first-order chi connectivity index (χ1) is 9.63. The Morgan fingerprint density at radius 3 is 2.70 bits per heavy atom. The Morgan fingerprint density at radius 1 is 1.20 bits per heavy atom. The molecule has 0 atom stereocenters. The van der Waals surface area contributed by atoms with Gasteiger partial charge in [-0.25, -0.2) is 0 Å². The summed E-state index contributed by atoms with van der Waals surface area (Å²) in [6.45, 7) is 3.96. The number of carbonyl (C=O) groups excluding carboxylic acids is 1. The normalized spacial score (nSPS) is 10.6. The summed E-state index contributed by atoms with van der Waals surface area (Å²) in [6, 6.07) is 5.47. The average Bonchev–Trinajstić information content (AvgIpc) is 2.41. The van der Waals surface area contributed by atoms with Crippen LogP contribution in [0.5, 0.6) is 0 Å².